The molecule has 2 nitrogen and oxygen atoms in total. The maximum Gasteiger partial charge on any atom is 0.127 e. The summed E-state index contributed by atoms with van der Waals surface area (Å²) in [6.07, 6.45) is 0. The van der Waals surface area contributed by atoms with Gasteiger partial charge in [0.2, 0.25) is 0 Å². The van der Waals surface area contributed by atoms with Crippen LogP contribution >= 0.6 is 23.4 Å². The van der Waals surface area contributed by atoms with Gasteiger partial charge in [-0.15, -0.1) is 11.8 Å². The Morgan fingerprint density at radius 1 is 1.21 bits per heavy atom. The Morgan fingerprint density at radius 2 is 1.89 bits per heavy atom. The molecule has 0 saturated carbocycles. The van der Waals surface area contributed by atoms with Gasteiger partial charge < -0.3 is 5.73 Å². The minimum atomic E-state index is -0.339. The Labute approximate surface area is 120 Å². The third-order valence-corrected chi connectivity index (χ3v) is 3.88. The number of thioether (sulfide) groups is 1. The first kappa shape index (κ1) is 13.9. The molecular weight excluding hydrogens is 283 g/mol. The van der Waals surface area contributed by atoms with Crippen molar-refractivity contribution in [2.45, 2.75) is 10.6 Å². The minimum Gasteiger partial charge on any atom is -0.384 e. The number of hydrogen-bond acceptors (Lipinski definition) is 2. The van der Waals surface area contributed by atoms with E-state index in [-0.39, 0.29) is 11.7 Å². The predicted octanol–water partition coefficient (Wildman–Crippen LogP) is 4.06. The van der Waals surface area contributed by atoms with Crippen molar-refractivity contribution in [1.82, 2.24) is 0 Å². The van der Waals surface area contributed by atoms with E-state index in [0.29, 0.717) is 21.9 Å². The maximum absolute atomic E-state index is 13.8. The van der Waals surface area contributed by atoms with E-state index in [1.165, 1.54) is 17.8 Å². The van der Waals surface area contributed by atoms with Crippen molar-refractivity contribution < 1.29 is 4.39 Å². The Kier molecular flexibility index (Phi) is 4.45. The number of amidine groups is 1. The number of hydrogen-bond donors (Lipinski definition) is 2. The molecule has 0 atom stereocenters. The highest BCUT2D eigenvalue weighted by Crippen LogP contribution is 2.25. The fourth-order valence-electron chi connectivity index (χ4n) is 1.52. The molecule has 3 N–H and O–H groups in total. The molecule has 0 saturated heterocycles. The first-order valence-corrected chi connectivity index (χ1v) is 6.94. The first-order chi connectivity index (χ1) is 9.06. The summed E-state index contributed by atoms with van der Waals surface area (Å²) in [5.41, 5.74) is 6.30. The summed E-state index contributed by atoms with van der Waals surface area (Å²) in [5.74, 6) is 0.0519. The van der Waals surface area contributed by atoms with Crippen LogP contribution in [0, 0.1) is 11.2 Å². The Hall–Kier alpha value is -1.52. The molecule has 0 bridgehead atoms. The SMILES string of the molecule is N=C(N)c1ccc(CSc2ccc(Cl)cc2)c(F)c1. The molecule has 19 heavy (non-hydrogen) atoms. The molecule has 0 radical (unpaired) electrons. The summed E-state index contributed by atoms with van der Waals surface area (Å²) in [4.78, 5) is 1.03. The Bertz CT molecular complexity index is 599. The second-order valence-corrected chi connectivity index (χ2v) is 5.45. The molecule has 0 fully saturated rings. The standard InChI is InChI=1S/C14H12ClFN2S/c15-11-3-5-12(6-4-11)19-8-10-2-1-9(14(17)18)7-13(10)16/h1-7H,8H2,(H3,17,18). The lowest BCUT2D eigenvalue weighted by atomic mass is 10.1. The third kappa shape index (κ3) is 3.72. The predicted molar refractivity (Wildman–Crippen MR) is 78.4 cm³/mol. The summed E-state index contributed by atoms with van der Waals surface area (Å²) < 4.78 is 13.8. The van der Waals surface area contributed by atoms with E-state index in [4.69, 9.17) is 22.7 Å². The van der Waals surface area contributed by atoms with E-state index in [1.807, 2.05) is 12.1 Å². The average molecular weight is 295 g/mol. The number of nitrogens with two attached hydrogens (primary N) is 1. The van der Waals surface area contributed by atoms with Crippen molar-refractivity contribution in [3.63, 3.8) is 0 Å². The van der Waals surface area contributed by atoms with Gasteiger partial charge in [-0.05, 0) is 35.9 Å². The third-order valence-electron chi connectivity index (χ3n) is 2.57. The molecule has 0 unspecified atom stereocenters. The van der Waals surface area contributed by atoms with E-state index in [0.717, 1.165) is 4.90 Å². The molecule has 0 heterocycles. The minimum absolute atomic E-state index is 0.129. The smallest absolute Gasteiger partial charge is 0.127 e. The van der Waals surface area contributed by atoms with E-state index < -0.39 is 0 Å². The van der Waals surface area contributed by atoms with Crippen LogP contribution in [0.4, 0.5) is 4.39 Å². The van der Waals surface area contributed by atoms with Gasteiger partial charge in [-0.1, -0.05) is 23.7 Å². The highest BCUT2D eigenvalue weighted by atomic mass is 35.5. The molecule has 2 rings (SSSR count). The molecule has 98 valence electrons. The monoisotopic (exact) mass is 294 g/mol. The van der Waals surface area contributed by atoms with Crippen molar-refractivity contribution in [2.24, 2.45) is 5.73 Å². The first-order valence-electron chi connectivity index (χ1n) is 5.57. The highest BCUT2D eigenvalue weighted by molar-refractivity contribution is 7.98. The number of benzene rings is 2. The van der Waals surface area contributed by atoms with Crippen LogP contribution < -0.4 is 5.73 Å². The molecule has 0 aliphatic carbocycles. The van der Waals surface area contributed by atoms with E-state index >= 15 is 0 Å². The van der Waals surface area contributed by atoms with Gasteiger partial charge in [-0.3, -0.25) is 5.41 Å². The van der Waals surface area contributed by atoms with E-state index in [9.17, 15) is 4.39 Å². The lowest BCUT2D eigenvalue weighted by Crippen LogP contribution is -2.11. The Balaban J connectivity index is 2.07. The van der Waals surface area contributed by atoms with Gasteiger partial charge in [0.25, 0.3) is 0 Å². The number of rotatable bonds is 4. The lowest BCUT2D eigenvalue weighted by molar-refractivity contribution is 0.617. The van der Waals surface area contributed by atoms with Crippen molar-refractivity contribution in [3.05, 3.63) is 64.4 Å². The molecule has 5 heteroatoms. The second kappa shape index (κ2) is 6.08. The van der Waals surface area contributed by atoms with E-state index in [1.54, 1.807) is 24.3 Å². The van der Waals surface area contributed by atoms with Crippen LogP contribution in [0.25, 0.3) is 0 Å². The fourth-order valence-corrected chi connectivity index (χ4v) is 2.53. The Morgan fingerprint density at radius 3 is 2.47 bits per heavy atom. The van der Waals surface area contributed by atoms with Crippen molar-refractivity contribution in [1.29, 1.82) is 5.41 Å². The highest BCUT2D eigenvalue weighted by Gasteiger charge is 2.06. The van der Waals surface area contributed by atoms with Gasteiger partial charge in [-0.2, -0.15) is 0 Å². The molecule has 0 amide bonds. The topological polar surface area (TPSA) is 49.9 Å². The van der Waals surface area contributed by atoms with Crippen LogP contribution in [0.15, 0.2) is 47.4 Å². The van der Waals surface area contributed by atoms with Crippen LogP contribution in [0.3, 0.4) is 0 Å². The molecule has 0 aromatic heterocycles. The zero-order valence-electron chi connectivity index (χ0n) is 9.99. The molecule has 0 aliphatic heterocycles. The van der Waals surface area contributed by atoms with Crippen LogP contribution in [0.5, 0.6) is 0 Å². The molecule has 2 aromatic rings. The van der Waals surface area contributed by atoms with E-state index in [2.05, 4.69) is 0 Å². The fraction of sp³-hybridized carbons (Fsp3) is 0.0714. The quantitative estimate of drug-likeness (QED) is 0.507. The second-order valence-electron chi connectivity index (χ2n) is 3.96. The summed E-state index contributed by atoms with van der Waals surface area (Å²) >= 11 is 7.33. The van der Waals surface area contributed by atoms with Gasteiger partial charge in [0.05, 0.1) is 0 Å². The van der Waals surface area contributed by atoms with Gasteiger partial charge >= 0.3 is 0 Å². The normalized spacial score (nSPS) is 10.4. The molecule has 0 aliphatic rings. The zero-order chi connectivity index (χ0) is 13.8. The van der Waals surface area contributed by atoms with Gasteiger partial charge in [-0.25, -0.2) is 4.39 Å². The van der Waals surface area contributed by atoms with Crippen molar-refractivity contribution in [2.75, 3.05) is 0 Å². The number of nitrogens with one attached hydrogen (secondary N) is 1. The van der Waals surface area contributed by atoms with Gasteiger partial charge in [0.1, 0.15) is 11.7 Å². The van der Waals surface area contributed by atoms with Crippen LogP contribution in [-0.2, 0) is 5.75 Å². The van der Waals surface area contributed by atoms with Gasteiger partial charge in [0.15, 0.2) is 0 Å². The van der Waals surface area contributed by atoms with Crippen LogP contribution in [0.2, 0.25) is 5.02 Å². The van der Waals surface area contributed by atoms with Crippen LogP contribution in [-0.4, -0.2) is 5.84 Å². The van der Waals surface area contributed by atoms with Crippen molar-refractivity contribution in [3.8, 4) is 0 Å². The summed E-state index contributed by atoms with van der Waals surface area (Å²) in [6.45, 7) is 0. The lowest BCUT2D eigenvalue weighted by Gasteiger charge is -2.05. The average Bonchev–Trinajstić information content (AvgIpc) is 2.39. The summed E-state index contributed by atoms with van der Waals surface area (Å²) in [6, 6.07) is 12.0. The van der Waals surface area contributed by atoms with Crippen molar-refractivity contribution >= 4 is 29.2 Å². The largest absolute Gasteiger partial charge is 0.384 e. The maximum atomic E-state index is 13.8. The van der Waals surface area contributed by atoms with Gasteiger partial charge in [0, 0.05) is 21.2 Å². The van der Waals surface area contributed by atoms with Crippen LogP contribution in [0.1, 0.15) is 11.1 Å². The summed E-state index contributed by atoms with van der Waals surface area (Å²) in [5, 5.41) is 7.93. The summed E-state index contributed by atoms with van der Waals surface area (Å²) in [7, 11) is 0. The number of halogens is 2. The molecule has 0 spiro atoms. The molecular formula is C14H12ClFN2S. The zero-order valence-corrected chi connectivity index (χ0v) is 11.6. The molecule has 2 aromatic carbocycles. The number of nitrogen functional groups attached to an aromatic ring is 1.